The Labute approximate surface area is 152 Å². The van der Waals surface area contributed by atoms with Crippen molar-refractivity contribution in [1.29, 1.82) is 0 Å². The number of aliphatic hydroxyl groups is 1. The fourth-order valence-electron chi connectivity index (χ4n) is 3.76. The molecule has 5 heteroatoms. The van der Waals surface area contributed by atoms with Crippen LogP contribution in [0.3, 0.4) is 0 Å². The highest BCUT2D eigenvalue weighted by Crippen LogP contribution is 2.31. The lowest BCUT2D eigenvalue weighted by Crippen LogP contribution is -2.40. The number of halogens is 1. The minimum atomic E-state index is -0.226. The summed E-state index contributed by atoms with van der Waals surface area (Å²) in [5, 5.41) is 13.5. The van der Waals surface area contributed by atoms with E-state index in [1.165, 1.54) is 0 Å². The number of rotatable bonds is 5. The van der Waals surface area contributed by atoms with Gasteiger partial charge in [0.15, 0.2) is 0 Å². The average molecular weight is 353 g/mol. The Morgan fingerprint density at radius 3 is 2.62 bits per heavy atom. The fraction of sp³-hybridized carbons (Fsp3) is 0.333. The smallest absolute Gasteiger partial charge is 0.126 e. The first-order valence-electron chi connectivity index (χ1n) is 9.20. The van der Waals surface area contributed by atoms with Gasteiger partial charge in [-0.1, -0.05) is 30.3 Å². The lowest BCUT2D eigenvalue weighted by Gasteiger charge is -2.32. The van der Waals surface area contributed by atoms with Crippen molar-refractivity contribution in [3.05, 3.63) is 54.3 Å². The SMILES string of the molecule is OCCN1CCC(Nc2cc(F)cc3cc(-c4ccccc4)[nH]c23)CC1. The molecular weight excluding hydrogens is 329 g/mol. The second kappa shape index (κ2) is 7.48. The van der Waals surface area contributed by atoms with Gasteiger partial charge in [0.05, 0.1) is 17.8 Å². The Bertz CT molecular complexity index is 870. The molecule has 0 atom stereocenters. The first-order chi connectivity index (χ1) is 12.7. The molecule has 0 amide bonds. The number of fused-ring (bicyclic) bond motifs is 1. The molecule has 1 aromatic heterocycles. The Kier molecular flexibility index (Phi) is 4.91. The van der Waals surface area contributed by atoms with Gasteiger partial charge >= 0.3 is 0 Å². The zero-order valence-corrected chi connectivity index (χ0v) is 14.7. The van der Waals surface area contributed by atoms with Gasteiger partial charge in [-0.05, 0) is 36.6 Å². The number of nitrogens with one attached hydrogen (secondary N) is 2. The average Bonchev–Trinajstić information content (AvgIpc) is 3.08. The first-order valence-corrected chi connectivity index (χ1v) is 9.20. The Balaban J connectivity index is 1.58. The van der Waals surface area contributed by atoms with E-state index >= 15 is 0 Å². The van der Waals surface area contributed by atoms with Crippen molar-refractivity contribution < 1.29 is 9.50 Å². The van der Waals surface area contributed by atoms with E-state index in [1.807, 2.05) is 36.4 Å². The van der Waals surface area contributed by atoms with Crippen molar-refractivity contribution in [2.24, 2.45) is 0 Å². The number of aromatic amines is 1. The topological polar surface area (TPSA) is 51.3 Å². The van der Waals surface area contributed by atoms with Gasteiger partial charge in [0.25, 0.3) is 0 Å². The summed E-state index contributed by atoms with van der Waals surface area (Å²) in [7, 11) is 0. The molecule has 3 N–H and O–H groups in total. The summed E-state index contributed by atoms with van der Waals surface area (Å²) in [5.74, 6) is -0.226. The minimum Gasteiger partial charge on any atom is -0.395 e. The van der Waals surface area contributed by atoms with E-state index in [0.29, 0.717) is 6.04 Å². The molecule has 0 saturated carbocycles. The second-order valence-electron chi connectivity index (χ2n) is 6.95. The number of benzene rings is 2. The molecule has 4 nitrogen and oxygen atoms in total. The van der Waals surface area contributed by atoms with Crippen molar-refractivity contribution in [1.82, 2.24) is 9.88 Å². The number of aromatic nitrogens is 1. The summed E-state index contributed by atoms with van der Waals surface area (Å²) in [6, 6.07) is 15.6. The molecule has 1 aliphatic rings. The summed E-state index contributed by atoms with van der Waals surface area (Å²) in [6.07, 6.45) is 1.98. The van der Waals surface area contributed by atoms with Crippen LogP contribution in [0.5, 0.6) is 0 Å². The molecule has 1 fully saturated rings. The highest BCUT2D eigenvalue weighted by molar-refractivity contribution is 5.95. The lowest BCUT2D eigenvalue weighted by atomic mass is 10.0. The van der Waals surface area contributed by atoms with Crippen LogP contribution >= 0.6 is 0 Å². The summed E-state index contributed by atoms with van der Waals surface area (Å²) >= 11 is 0. The monoisotopic (exact) mass is 353 g/mol. The third-order valence-corrected chi connectivity index (χ3v) is 5.14. The molecule has 1 aliphatic heterocycles. The van der Waals surface area contributed by atoms with E-state index < -0.39 is 0 Å². The van der Waals surface area contributed by atoms with Crippen LogP contribution in [0.4, 0.5) is 10.1 Å². The molecule has 2 heterocycles. The van der Waals surface area contributed by atoms with Gasteiger partial charge in [0.1, 0.15) is 5.82 Å². The van der Waals surface area contributed by atoms with Gasteiger partial charge < -0.3 is 20.3 Å². The number of likely N-dealkylation sites (tertiary alicyclic amines) is 1. The number of nitrogens with zero attached hydrogens (tertiary/aromatic N) is 1. The van der Waals surface area contributed by atoms with Crippen molar-refractivity contribution in [3.8, 4) is 11.3 Å². The highest BCUT2D eigenvalue weighted by atomic mass is 19.1. The van der Waals surface area contributed by atoms with E-state index in [4.69, 9.17) is 5.11 Å². The maximum absolute atomic E-state index is 14.1. The van der Waals surface area contributed by atoms with Crippen molar-refractivity contribution in [2.45, 2.75) is 18.9 Å². The predicted molar refractivity (Wildman–Crippen MR) is 104 cm³/mol. The number of aliphatic hydroxyl groups excluding tert-OH is 1. The first kappa shape index (κ1) is 17.1. The van der Waals surface area contributed by atoms with Crippen LogP contribution in [-0.4, -0.2) is 47.3 Å². The Morgan fingerprint density at radius 2 is 1.88 bits per heavy atom. The van der Waals surface area contributed by atoms with Crippen LogP contribution < -0.4 is 5.32 Å². The van der Waals surface area contributed by atoms with Gasteiger partial charge in [-0.2, -0.15) is 0 Å². The van der Waals surface area contributed by atoms with Crippen LogP contribution in [0.1, 0.15) is 12.8 Å². The number of β-amino-alcohol motifs (C(OH)–C–C–N with tert-alkyl or cyclic N) is 1. The van der Waals surface area contributed by atoms with Gasteiger partial charge in [-0.15, -0.1) is 0 Å². The lowest BCUT2D eigenvalue weighted by molar-refractivity contribution is 0.168. The molecule has 0 radical (unpaired) electrons. The molecule has 0 spiro atoms. The maximum Gasteiger partial charge on any atom is 0.126 e. The number of piperidine rings is 1. The van der Waals surface area contributed by atoms with Gasteiger partial charge in [-0.25, -0.2) is 4.39 Å². The fourth-order valence-corrected chi connectivity index (χ4v) is 3.76. The van der Waals surface area contributed by atoms with Gasteiger partial charge in [0, 0.05) is 36.8 Å². The maximum atomic E-state index is 14.1. The zero-order valence-electron chi connectivity index (χ0n) is 14.7. The van der Waals surface area contributed by atoms with Gasteiger partial charge in [-0.3, -0.25) is 0 Å². The number of H-pyrrole nitrogens is 1. The summed E-state index contributed by atoms with van der Waals surface area (Å²) in [4.78, 5) is 5.72. The molecule has 136 valence electrons. The van der Waals surface area contributed by atoms with Crippen LogP contribution in [0.15, 0.2) is 48.5 Å². The normalized spacial score (nSPS) is 16.2. The highest BCUT2D eigenvalue weighted by Gasteiger charge is 2.20. The molecule has 0 aliphatic carbocycles. The third-order valence-electron chi connectivity index (χ3n) is 5.14. The van der Waals surface area contributed by atoms with Crippen LogP contribution in [-0.2, 0) is 0 Å². The molecule has 0 unspecified atom stereocenters. The molecule has 2 aromatic carbocycles. The molecule has 1 saturated heterocycles. The number of hydrogen-bond donors (Lipinski definition) is 3. The van der Waals surface area contributed by atoms with Crippen LogP contribution in [0, 0.1) is 5.82 Å². The molecule has 3 aromatic rings. The summed E-state index contributed by atoms with van der Waals surface area (Å²) < 4.78 is 14.1. The quantitative estimate of drug-likeness (QED) is 0.653. The molecule has 0 bridgehead atoms. The van der Waals surface area contributed by atoms with E-state index in [9.17, 15) is 4.39 Å². The number of anilines is 1. The van der Waals surface area contributed by atoms with E-state index in [0.717, 1.165) is 60.3 Å². The van der Waals surface area contributed by atoms with E-state index in [1.54, 1.807) is 12.1 Å². The summed E-state index contributed by atoms with van der Waals surface area (Å²) in [6.45, 7) is 2.84. The number of hydrogen-bond acceptors (Lipinski definition) is 3. The summed E-state index contributed by atoms with van der Waals surface area (Å²) in [5.41, 5.74) is 3.85. The minimum absolute atomic E-state index is 0.202. The second-order valence-corrected chi connectivity index (χ2v) is 6.95. The molecule has 4 rings (SSSR count). The Hall–Kier alpha value is -2.37. The largest absolute Gasteiger partial charge is 0.395 e. The molecular formula is C21H24FN3O. The van der Waals surface area contributed by atoms with Crippen LogP contribution in [0.25, 0.3) is 22.2 Å². The predicted octanol–water partition coefficient (Wildman–Crippen LogP) is 3.84. The van der Waals surface area contributed by atoms with Crippen molar-refractivity contribution >= 4 is 16.6 Å². The van der Waals surface area contributed by atoms with Crippen molar-refractivity contribution in [2.75, 3.05) is 31.6 Å². The van der Waals surface area contributed by atoms with E-state index in [2.05, 4.69) is 15.2 Å². The van der Waals surface area contributed by atoms with Crippen LogP contribution in [0.2, 0.25) is 0 Å². The third kappa shape index (κ3) is 3.59. The van der Waals surface area contributed by atoms with Crippen molar-refractivity contribution in [3.63, 3.8) is 0 Å². The Morgan fingerprint density at radius 1 is 1.12 bits per heavy atom. The van der Waals surface area contributed by atoms with E-state index in [-0.39, 0.29) is 12.4 Å². The van der Waals surface area contributed by atoms with Gasteiger partial charge in [0.2, 0.25) is 0 Å². The zero-order chi connectivity index (χ0) is 17.9. The molecule has 26 heavy (non-hydrogen) atoms. The standard InChI is InChI=1S/C21H24FN3O/c22-17-12-16-13-19(15-4-2-1-3-5-15)24-21(16)20(14-17)23-18-6-8-25(9-7-18)10-11-26/h1-5,12-14,18,23-24,26H,6-11H2.